The Kier molecular flexibility index (Phi) is 6.17. The quantitative estimate of drug-likeness (QED) is 0.764. The summed E-state index contributed by atoms with van der Waals surface area (Å²) in [4.78, 5) is 27.3. The van der Waals surface area contributed by atoms with Gasteiger partial charge in [-0.15, -0.1) is 0 Å². The number of aromatic nitrogens is 1. The molecule has 5 N–H and O–H groups in total. The predicted octanol–water partition coefficient (Wildman–Crippen LogP) is 0.759. The third kappa shape index (κ3) is 3.77. The number of pyridine rings is 1. The first kappa shape index (κ1) is 20.4. The first-order valence-electron chi connectivity index (χ1n) is 8.30. The van der Waals surface area contributed by atoms with Crippen molar-refractivity contribution in [2.75, 3.05) is 13.7 Å². The lowest BCUT2D eigenvalue weighted by Gasteiger charge is -2.19. The molecule has 1 aromatic carbocycles. The molecule has 0 bridgehead atoms. The Morgan fingerprint density at radius 2 is 2.15 bits per heavy atom. The molecule has 9 heteroatoms. The number of nitrogens with one attached hydrogen (secondary N) is 1. The molecule has 146 valence electrons. The number of nitrogens with two attached hydrogens (primary N) is 1. The zero-order valence-corrected chi connectivity index (χ0v) is 15.0. The van der Waals surface area contributed by atoms with Crippen molar-refractivity contribution in [2.24, 2.45) is 11.7 Å². The van der Waals surface area contributed by atoms with Crippen LogP contribution in [0.15, 0.2) is 24.4 Å². The summed E-state index contributed by atoms with van der Waals surface area (Å²) in [5, 5.41) is 3.95. The lowest BCUT2D eigenvalue weighted by atomic mass is 9.97. The Morgan fingerprint density at radius 1 is 1.41 bits per heavy atom. The Morgan fingerprint density at radius 3 is 2.78 bits per heavy atom. The van der Waals surface area contributed by atoms with Gasteiger partial charge in [-0.1, -0.05) is 6.92 Å². The maximum absolute atomic E-state index is 13.9. The summed E-state index contributed by atoms with van der Waals surface area (Å²) in [5.41, 5.74) is 5.63. The van der Waals surface area contributed by atoms with E-state index in [0.717, 1.165) is 0 Å². The van der Waals surface area contributed by atoms with Crippen molar-refractivity contribution in [2.45, 2.75) is 25.6 Å². The van der Waals surface area contributed by atoms with Gasteiger partial charge in [0.1, 0.15) is 12.4 Å². The summed E-state index contributed by atoms with van der Waals surface area (Å²) in [5.74, 6) is -1.02. The Labute approximate surface area is 155 Å². The van der Waals surface area contributed by atoms with Crippen molar-refractivity contribution in [3.63, 3.8) is 0 Å². The van der Waals surface area contributed by atoms with Crippen molar-refractivity contribution in [1.82, 2.24) is 10.3 Å². The lowest BCUT2D eigenvalue weighted by Crippen LogP contribution is -2.34. The van der Waals surface area contributed by atoms with E-state index < -0.39 is 29.9 Å². The van der Waals surface area contributed by atoms with Gasteiger partial charge in [0.25, 0.3) is 11.8 Å². The summed E-state index contributed by atoms with van der Waals surface area (Å²) in [6.45, 7) is 1.92. The lowest BCUT2D eigenvalue weighted by molar-refractivity contribution is -0.123. The minimum atomic E-state index is -1.52. The second-order valence-corrected chi connectivity index (χ2v) is 6.15. The third-order valence-corrected chi connectivity index (χ3v) is 4.66. The minimum absolute atomic E-state index is 0. The molecule has 1 aromatic heterocycles. The molecule has 8 nitrogen and oxygen atoms in total. The normalized spacial score (nSPS) is 21.4. The van der Waals surface area contributed by atoms with E-state index in [1.165, 1.54) is 13.3 Å². The van der Waals surface area contributed by atoms with Crippen LogP contribution >= 0.6 is 0 Å². The number of ether oxygens (including phenoxy) is 2. The van der Waals surface area contributed by atoms with Crippen LogP contribution in [-0.2, 0) is 4.79 Å². The summed E-state index contributed by atoms with van der Waals surface area (Å²) in [7, 11) is 1.44. The molecule has 1 fully saturated rings. The zero-order valence-electron chi connectivity index (χ0n) is 15.0. The van der Waals surface area contributed by atoms with E-state index in [1.54, 1.807) is 18.2 Å². The van der Waals surface area contributed by atoms with Crippen molar-refractivity contribution in [1.29, 1.82) is 0 Å². The van der Waals surface area contributed by atoms with E-state index in [1.807, 2.05) is 6.92 Å². The van der Waals surface area contributed by atoms with Crippen LogP contribution in [0, 0.1) is 5.92 Å². The summed E-state index contributed by atoms with van der Waals surface area (Å²) < 4.78 is 24.9. The number of fused-ring (bicyclic) bond motifs is 1. The molecule has 0 aliphatic carbocycles. The van der Waals surface area contributed by atoms with Crippen LogP contribution in [0.5, 0.6) is 11.6 Å². The van der Waals surface area contributed by atoms with Crippen molar-refractivity contribution in [3.05, 3.63) is 30.0 Å². The number of primary amides is 1. The number of nitrogens with zero attached hydrogens (tertiary/aromatic N) is 1. The Bertz CT molecular complexity index is 860. The molecule has 3 rings (SSSR count). The number of alkyl halides is 1. The fraction of sp³-hybridized carbons (Fsp3) is 0.389. The zero-order chi connectivity index (χ0) is 18.8. The number of rotatable bonds is 6. The van der Waals surface area contributed by atoms with E-state index in [-0.39, 0.29) is 17.6 Å². The SMILES string of the molecule is CC[C@@H]1[C@H](F)C(=O)N[C@@H]1COc1nccc2cc(C(N)=O)c(OC)cc12.O. The number of amides is 2. The van der Waals surface area contributed by atoms with E-state index in [4.69, 9.17) is 15.2 Å². The van der Waals surface area contributed by atoms with Crippen LogP contribution < -0.4 is 20.5 Å². The van der Waals surface area contributed by atoms with E-state index >= 15 is 0 Å². The van der Waals surface area contributed by atoms with Crippen LogP contribution in [-0.4, -0.2) is 48.2 Å². The third-order valence-electron chi connectivity index (χ3n) is 4.66. The molecular weight excluding hydrogens is 357 g/mol. The number of hydrogen-bond acceptors (Lipinski definition) is 5. The highest BCUT2D eigenvalue weighted by Crippen LogP contribution is 2.31. The number of carbonyl (C=O) groups excluding carboxylic acids is 2. The monoisotopic (exact) mass is 379 g/mol. The second-order valence-electron chi connectivity index (χ2n) is 6.15. The summed E-state index contributed by atoms with van der Waals surface area (Å²) in [6, 6.07) is 4.53. The molecule has 1 aliphatic heterocycles. The number of hydrogen-bond donors (Lipinski definition) is 2. The molecule has 2 heterocycles. The molecule has 2 amide bonds. The van der Waals surface area contributed by atoms with Gasteiger partial charge < -0.3 is 26.0 Å². The van der Waals surface area contributed by atoms with Gasteiger partial charge in [0.2, 0.25) is 5.88 Å². The molecule has 0 unspecified atom stereocenters. The molecule has 27 heavy (non-hydrogen) atoms. The van der Waals surface area contributed by atoms with Gasteiger partial charge in [-0.05, 0) is 30.0 Å². The standard InChI is InChI=1S/C18H20FN3O4.H2O/c1-3-10-13(22-17(24)15(10)19)8-26-18-11-7-14(25-2)12(16(20)23)6-9(11)4-5-21-18;/h4-7,10,13,15H,3,8H2,1-2H3,(H2,20,23)(H,22,24);1H2/t10-,13+,15-;/m0./s1. The van der Waals surface area contributed by atoms with Gasteiger partial charge >= 0.3 is 0 Å². The minimum Gasteiger partial charge on any atom is -0.496 e. The van der Waals surface area contributed by atoms with Gasteiger partial charge in [0.05, 0.1) is 18.7 Å². The maximum Gasteiger partial charge on any atom is 0.255 e. The van der Waals surface area contributed by atoms with Crippen molar-refractivity contribution in [3.8, 4) is 11.6 Å². The van der Waals surface area contributed by atoms with Crippen LogP contribution in [0.25, 0.3) is 10.8 Å². The molecule has 1 aliphatic rings. The van der Waals surface area contributed by atoms with Gasteiger partial charge in [0.15, 0.2) is 6.17 Å². The molecule has 0 radical (unpaired) electrons. The maximum atomic E-state index is 13.9. The van der Waals surface area contributed by atoms with Gasteiger partial charge in [-0.25, -0.2) is 9.37 Å². The molecule has 3 atom stereocenters. The average Bonchev–Trinajstić information content (AvgIpc) is 2.91. The molecule has 1 saturated heterocycles. The number of methoxy groups -OCH3 is 1. The van der Waals surface area contributed by atoms with E-state index in [2.05, 4.69) is 10.3 Å². The highest BCUT2D eigenvalue weighted by molar-refractivity contribution is 6.01. The smallest absolute Gasteiger partial charge is 0.255 e. The number of halogens is 1. The number of benzene rings is 1. The van der Waals surface area contributed by atoms with Crippen LogP contribution in [0.2, 0.25) is 0 Å². The summed E-state index contributed by atoms with van der Waals surface area (Å²) >= 11 is 0. The first-order valence-corrected chi connectivity index (χ1v) is 8.30. The van der Waals surface area contributed by atoms with Crippen LogP contribution in [0.4, 0.5) is 4.39 Å². The van der Waals surface area contributed by atoms with Gasteiger partial charge in [0, 0.05) is 17.5 Å². The fourth-order valence-electron chi connectivity index (χ4n) is 3.24. The van der Waals surface area contributed by atoms with Crippen LogP contribution in [0.3, 0.4) is 0 Å². The molecule has 2 aromatic rings. The predicted molar refractivity (Wildman–Crippen MR) is 96.5 cm³/mol. The van der Waals surface area contributed by atoms with Crippen molar-refractivity contribution >= 4 is 22.6 Å². The first-order chi connectivity index (χ1) is 12.5. The highest BCUT2D eigenvalue weighted by atomic mass is 19.1. The molecule has 0 spiro atoms. The number of carbonyl (C=O) groups is 2. The second kappa shape index (κ2) is 8.17. The molecule has 0 saturated carbocycles. The van der Waals surface area contributed by atoms with Gasteiger partial charge in [-0.3, -0.25) is 9.59 Å². The Balaban J connectivity index is 0.00000261. The topological polar surface area (TPSA) is 135 Å². The fourth-order valence-corrected chi connectivity index (χ4v) is 3.24. The molecular formula is C18H22FN3O5. The average molecular weight is 379 g/mol. The highest BCUT2D eigenvalue weighted by Gasteiger charge is 2.41. The summed E-state index contributed by atoms with van der Waals surface area (Å²) in [6.07, 6.45) is 0.539. The van der Waals surface area contributed by atoms with E-state index in [0.29, 0.717) is 28.8 Å². The van der Waals surface area contributed by atoms with Crippen molar-refractivity contribution < 1.29 is 28.9 Å². The van der Waals surface area contributed by atoms with Gasteiger partial charge in [-0.2, -0.15) is 0 Å². The van der Waals surface area contributed by atoms with Crippen LogP contribution in [0.1, 0.15) is 23.7 Å². The largest absolute Gasteiger partial charge is 0.496 e. The van der Waals surface area contributed by atoms with E-state index in [9.17, 15) is 14.0 Å². The Hall–Kier alpha value is -2.94.